The Kier molecular flexibility index (Phi) is 5.13. The SMILES string of the molecule is CN(C)S(=O)(=O)CCC(=O)Nc1cccc(Cl)c1. The minimum Gasteiger partial charge on any atom is -0.326 e. The van der Waals surface area contributed by atoms with E-state index in [-0.39, 0.29) is 18.1 Å². The molecule has 7 heteroatoms. The number of benzene rings is 1. The van der Waals surface area contributed by atoms with Crippen LogP contribution in [0.2, 0.25) is 5.02 Å². The Morgan fingerprint density at radius 3 is 2.61 bits per heavy atom. The molecule has 0 bridgehead atoms. The summed E-state index contributed by atoms with van der Waals surface area (Å²) in [6.45, 7) is 0. The molecule has 0 aliphatic rings. The average Bonchev–Trinajstić information content (AvgIpc) is 2.26. The Balaban J connectivity index is 2.53. The van der Waals surface area contributed by atoms with Gasteiger partial charge in [-0.2, -0.15) is 0 Å². The van der Waals surface area contributed by atoms with E-state index >= 15 is 0 Å². The fourth-order valence-corrected chi connectivity index (χ4v) is 2.19. The molecule has 0 aliphatic carbocycles. The van der Waals surface area contributed by atoms with E-state index in [1.807, 2.05) is 0 Å². The fourth-order valence-electron chi connectivity index (χ4n) is 1.19. The Morgan fingerprint density at radius 2 is 2.06 bits per heavy atom. The van der Waals surface area contributed by atoms with Gasteiger partial charge in [-0.25, -0.2) is 12.7 Å². The molecular weight excluding hydrogens is 276 g/mol. The molecule has 0 atom stereocenters. The van der Waals surface area contributed by atoms with Crippen molar-refractivity contribution in [2.75, 3.05) is 25.2 Å². The number of halogens is 1. The minimum atomic E-state index is -3.35. The smallest absolute Gasteiger partial charge is 0.225 e. The topological polar surface area (TPSA) is 66.5 Å². The molecule has 1 aromatic rings. The Labute approximate surface area is 112 Å². The second-order valence-corrected chi connectivity index (χ2v) is 6.65. The molecule has 0 spiro atoms. The zero-order valence-corrected chi connectivity index (χ0v) is 11.8. The normalized spacial score (nSPS) is 11.6. The molecule has 1 amide bonds. The van der Waals surface area contributed by atoms with Crippen LogP contribution >= 0.6 is 11.6 Å². The van der Waals surface area contributed by atoms with Crippen LogP contribution in [0.3, 0.4) is 0 Å². The highest BCUT2D eigenvalue weighted by molar-refractivity contribution is 7.89. The molecule has 0 saturated heterocycles. The summed E-state index contributed by atoms with van der Waals surface area (Å²) in [5.74, 6) is -0.574. The number of carbonyl (C=O) groups is 1. The number of nitrogens with one attached hydrogen (secondary N) is 1. The van der Waals surface area contributed by atoms with Crippen molar-refractivity contribution >= 4 is 33.2 Å². The predicted molar refractivity (Wildman–Crippen MR) is 72.2 cm³/mol. The molecule has 0 unspecified atom stereocenters. The number of sulfonamides is 1. The van der Waals surface area contributed by atoms with Crippen LogP contribution in [0, 0.1) is 0 Å². The highest BCUT2D eigenvalue weighted by Gasteiger charge is 2.15. The van der Waals surface area contributed by atoms with E-state index in [1.165, 1.54) is 14.1 Å². The summed E-state index contributed by atoms with van der Waals surface area (Å²) in [6.07, 6.45) is -0.0903. The maximum absolute atomic E-state index is 11.6. The van der Waals surface area contributed by atoms with E-state index in [2.05, 4.69) is 5.32 Å². The van der Waals surface area contributed by atoms with Crippen molar-refractivity contribution in [1.29, 1.82) is 0 Å². The predicted octanol–water partition coefficient (Wildman–Crippen LogP) is 1.56. The van der Waals surface area contributed by atoms with Crippen LogP contribution in [0.1, 0.15) is 6.42 Å². The van der Waals surface area contributed by atoms with E-state index in [0.29, 0.717) is 10.7 Å². The summed E-state index contributed by atoms with van der Waals surface area (Å²) >= 11 is 5.77. The summed E-state index contributed by atoms with van der Waals surface area (Å²) in [6, 6.07) is 6.67. The lowest BCUT2D eigenvalue weighted by atomic mass is 10.3. The van der Waals surface area contributed by atoms with Gasteiger partial charge in [0.1, 0.15) is 0 Å². The summed E-state index contributed by atoms with van der Waals surface area (Å²) in [7, 11) is -0.478. The summed E-state index contributed by atoms with van der Waals surface area (Å²) in [5, 5.41) is 3.10. The number of rotatable bonds is 5. The molecule has 0 aliphatic heterocycles. The molecule has 0 radical (unpaired) electrons. The van der Waals surface area contributed by atoms with Crippen LogP contribution in [0.25, 0.3) is 0 Å². The zero-order chi connectivity index (χ0) is 13.8. The first kappa shape index (κ1) is 14.9. The van der Waals surface area contributed by atoms with Crippen molar-refractivity contribution in [3.63, 3.8) is 0 Å². The van der Waals surface area contributed by atoms with E-state index in [1.54, 1.807) is 24.3 Å². The van der Waals surface area contributed by atoms with Crippen molar-refractivity contribution in [1.82, 2.24) is 4.31 Å². The van der Waals surface area contributed by atoms with Crippen LogP contribution in [-0.4, -0.2) is 38.5 Å². The molecule has 1 N–H and O–H groups in total. The Bertz CT molecular complexity index is 529. The molecule has 1 rings (SSSR count). The first-order valence-corrected chi connectivity index (χ1v) is 7.25. The van der Waals surface area contributed by atoms with Crippen LogP contribution in [0.4, 0.5) is 5.69 Å². The quantitative estimate of drug-likeness (QED) is 0.895. The van der Waals surface area contributed by atoms with E-state index in [0.717, 1.165) is 4.31 Å². The second kappa shape index (κ2) is 6.17. The van der Waals surface area contributed by atoms with Gasteiger partial charge in [0.15, 0.2) is 0 Å². The number of anilines is 1. The van der Waals surface area contributed by atoms with Gasteiger partial charge in [-0.15, -0.1) is 0 Å². The fraction of sp³-hybridized carbons (Fsp3) is 0.364. The number of amides is 1. The van der Waals surface area contributed by atoms with Gasteiger partial charge in [0.05, 0.1) is 5.75 Å². The molecular formula is C11H15ClN2O3S. The summed E-state index contributed by atoms with van der Waals surface area (Å²) in [5.41, 5.74) is 0.551. The van der Waals surface area contributed by atoms with Gasteiger partial charge < -0.3 is 5.32 Å². The van der Waals surface area contributed by atoms with Gasteiger partial charge in [-0.1, -0.05) is 17.7 Å². The number of nitrogens with zero attached hydrogens (tertiary/aromatic N) is 1. The van der Waals surface area contributed by atoms with Crippen molar-refractivity contribution in [3.8, 4) is 0 Å². The van der Waals surface area contributed by atoms with Gasteiger partial charge in [-0.3, -0.25) is 4.79 Å². The lowest BCUT2D eigenvalue weighted by Gasteiger charge is -2.11. The molecule has 0 heterocycles. The third-order valence-corrected chi connectivity index (χ3v) is 4.32. The number of hydrogen-bond donors (Lipinski definition) is 1. The van der Waals surface area contributed by atoms with Crippen LogP contribution < -0.4 is 5.32 Å². The number of hydrogen-bond acceptors (Lipinski definition) is 3. The third kappa shape index (κ3) is 4.64. The minimum absolute atomic E-state index is 0.0903. The summed E-state index contributed by atoms with van der Waals surface area (Å²) in [4.78, 5) is 11.6. The van der Waals surface area contributed by atoms with Gasteiger partial charge in [0.25, 0.3) is 0 Å². The van der Waals surface area contributed by atoms with Crippen molar-refractivity contribution in [2.24, 2.45) is 0 Å². The first-order valence-electron chi connectivity index (χ1n) is 5.27. The van der Waals surface area contributed by atoms with Crippen LogP contribution in [0.15, 0.2) is 24.3 Å². The standard InChI is InChI=1S/C11H15ClN2O3S/c1-14(2)18(16,17)7-6-11(15)13-10-5-3-4-9(12)8-10/h3-5,8H,6-7H2,1-2H3,(H,13,15). The largest absolute Gasteiger partial charge is 0.326 e. The van der Waals surface area contributed by atoms with E-state index in [4.69, 9.17) is 11.6 Å². The first-order chi connectivity index (χ1) is 8.31. The highest BCUT2D eigenvalue weighted by Crippen LogP contribution is 2.15. The van der Waals surface area contributed by atoms with Crippen molar-refractivity contribution in [2.45, 2.75) is 6.42 Å². The zero-order valence-electron chi connectivity index (χ0n) is 10.2. The van der Waals surface area contributed by atoms with Crippen molar-refractivity contribution in [3.05, 3.63) is 29.3 Å². The van der Waals surface area contributed by atoms with Crippen molar-refractivity contribution < 1.29 is 13.2 Å². The molecule has 0 saturated carbocycles. The van der Waals surface area contributed by atoms with E-state index in [9.17, 15) is 13.2 Å². The molecule has 100 valence electrons. The molecule has 0 fully saturated rings. The van der Waals surface area contributed by atoms with E-state index < -0.39 is 10.0 Å². The maximum Gasteiger partial charge on any atom is 0.225 e. The van der Waals surface area contributed by atoms with Gasteiger partial charge in [-0.05, 0) is 18.2 Å². The average molecular weight is 291 g/mol. The van der Waals surface area contributed by atoms with Crippen LogP contribution in [0.5, 0.6) is 0 Å². The lowest BCUT2D eigenvalue weighted by molar-refractivity contribution is -0.115. The molecule has 1 aromatic carbocycles. The summed E-state index contributed by atoms with van der Waals surface area (Å²) < 4.78 is 24.0. The maximum atomic E-state index is 11.6. The molecule has 18 heavy (non-hydrogen) atoms. The Hall–Kier alpha value is -1.11. The number of carbonyl (C=O) groups excluding carboxylic acids is 1. The van der Waals surface area contributed by atoms with Crippen LogP contribution in [-0.2, 0) is 14.8 Å². The monoisotopic (exact) mass is 290 g/mol. The third-order valence-electron chi connectivity index (χ3n) is 2.25. The van der Waals surface area contributed by atoms with Gasteiger partial charge >= 0.3 is 0 Å². The molecule has 0 aromatic heterocycles. The van der Waals surface area contributed by atoms with Gasteiger partial charge in [0.2, 0.25) is 15.9 Å². The van der Waals surface area contributed by atoms with Gasteiger partial charge in [0, 0.05) is 31.2 Å². The second-order valence-electron chi connectivity index (χ2n) is 3.91. The molecule has 5 nitrogen and oxygen atoms in total. The lowest BCUT2D eigenvalue weighted by Crippen LogP contribution is -2.27. The Morgan fingerprint density at radius 1 is 1.39 bits per heavy atom. The highest BCUT2D eigenvalue weighted by atomic mass is 35.5.